The zero-order valence-electron chi connectivity index (χ0n) is 8.94. The molecule has 0 saturated carbocycles. The van der Waals surface area contributed by atoms with Gasteiger partial charge < -0.3 is 4.42 Å². The molecule has 1 heterocycles. The predicted octanol–water partition coefficient (Wildman–Crippen LogP) is 3.22. The Hall–Kier alpha value is -2.74. The number of halogens is 1. The van der Waals surface area contributed by atoms with Crippen molar-refractivity contribution in [1.82, 2.24) is 0 Å². The van der Waals surface area contributed by atoms with Crippen LogP contribution in [0.25, 0.3) is 11.3 Å². The largest absolute Gasteiger partial charge is 0.443 e. The molecule has 0 bridgehead atoms. The van der Waals surface area contributed by atoms with Crippen LogP contribution in [0.15, 0.2) is 28.7 Å². The monoisotopic (exact) mass is 253 g/mol. The van der Waals surface area contributed by atoms with Gasteiger partial charge in [-0.25, -0.2) is 0 Å². The van der Waals surface area contributed by atoms with Crippen molar-refractivity contribution in [2.24, 2.45) is 0 Å². The molecule has 0 aliphatic heterocycles. The average molecular weight is 254 g/mol. The smallest absolute Gasteiger partial charge is 0.223 e. The number of hydrogen-bond acceptors (Lipinski definition) is 4. The van der Waals surface area contributed by atoms with E-state index in [4.69, 9.17) is 31.8 Å². The molecule has 0 unspecified atom stereocenters. The van der Waals surface area contributed by atoms with Crippen LogP contribution in [0.5, 0.6) is 0 Å². The maximum atomic E-state index is 9.08. The Bertz CT molecular complexity index is 741. The number of nitriles is 3. The van der Waals surface area contributed by atoms with Gasteiger partial charge in [-0.05, 0) is 12.1 Å². The summed E-state index contributed by atoms with van der Waals surface area (Å²) in [6.45, 7) is 0. The second-order valence-electron chi connectivity index (χ2n) is 3.33. The van der Waals surface area contributed by atoms with Gasteiger partial charge in [0.25, 0.3) is 0 Å². The minimum Gasteiger partial charge on any atom is -0.443 e. The number of nitrogens with zero attached hydrogens (tertiary/aromatic N) is 3. The third kappa shape index (κ3) is 1.70. The third-order valence-corrected chi connectivity index (χ3v) is 2.68. The summed E-state index contributed by atoms with van der Waals surface area (Å²) in [4.78, 5) is 0. The van der Waals surface area contributed by atoms with Crippen molar-refractivity contribution in [3.05, 3.63) is 46.2 Å². The predicted molar refractivity (Wildman–Crippen MR) is 63.3 cm³/mol. The molecule has 1 aromatic heterocycles. The maximum absolute atomic E-state index is 9.08. The zero-order valence-corrected chi connectivity index (χ0v) is 9.69. The van der Waals surface area contributed by atoms with Gasteiger partial charge in [0.15, 0.2) is 5.76 Å². The highest BCUT2D eigenvalue weighted by Gasteiger charge is 2.22. The van der Waals surface area contributed by atoms with E-state index in [0.29, 0.717) is 10.6 Å². The summed E-state index contributed by atoms with van der Waals surface area (Å²) in [6, 6.07) is 12.2. The van der Waals surface area contributed by atoms with Gasteiger partial charge in [0, 0.05) is 5.56 Å². The van der Waals surface area contributed by atoms with Crippen LogP contribution in [0.3, 0.4) is 0 Å². The SMILES string of the molecule is N#Cc1oc(-c2ccccc2Cl)c(C#N)c1C#N. The molecule has 0 saturated heterocycles. The normalized spacial score (nSPS) is 9.22. The number of hydrogen-bond donors (Lipinski definition) is 0. The quantitative estimate of drug-likeness (QED) is 0.781. The summed E-state index contributed by atoms with van der Waals surface area (Å²) in [5, 5.41) is 27.3. The highest BCUT2D eigenvalue weighted by atomic mass is 35.5. The lowest BCUT2D eigenvalue weighted by Crippen LogP contribution is -1.83. The average Bonchev–Trinajstić information content (AvgIpc) is 2.76. The Morgan fingerprint density at radius 2 is 1.61 bits per heavy atom. The van der Waals surface area contributed by atoms with Crippen molar-refractivity contribution in [2.75, 3.05) is 0 Å². The molecule has 2 rings (SSSR count). The summed E-state index contributed by atoms with van der Waals surface area (Å²) in [5.41, 5.74) is 0.450. The van der Waals surface area contributed by atoms with E-state index in [2.05, 4.69) is 0 Å². The van der Waals surface area contributed by atoms with Crippen LogP contribution >= 0.6 is 11.6 Å². The second-order valence-corrected chi connectivity index (χ2v) is 3.73. The fraction of sp³-hybridized carbons (Fsp3) is 0. The summed E-state index contributed by atoms with van der Waals surface area (Å²) in [6.07, 6.45) is 0. The van der Waals surface area contributed by atoms with E-state index in [0.717, 1.165) is 0 Å². The summed E-state index contributed by atoms with van der Waals surface area (Å²) < 4.78 is 5.25. The fourth-order valence-corrected chi connectivity index (χ4v) is 1.78. The minimum absolute atomic E-state index is 0.0298. The van der Waals surface area contributed by atoms with Gasteiger partial charge in [0.1, 0.15) is 29.3 Å². The fourth-order valence-electron chi connectivity index (χ4n) is 1.56. The minimum atomic E-state index is -0.177. The Morgan fingerprint density at radius 1 is 0.944 bits per heavy atom. The first-order chi connectivity index (χ1) is 8.72. The molecular weight excluding hydrogens is 250 g/mol. The highest BCUT2D eigenvalue weighted by Crippen LogP contribution is 2.34. The van der Waals surface area contributed by atoms with Gasteiger partial charge in [-0.15, -0.1) is 0 Å². The van der Waals surface area contributed by atoms with Crippen molar-refractivity contribution in [2.45, 2.75) is 0 Å². The van der Waals surface area contributed by atoms with E-state index in [1.165, 1.54) is 0 Å². The van der Waals surface area contributed by atoms with Crippen LogP contribution < -0.4 is 0 Å². The van der Waals surface area contributed by atoms with Gasteiger partial charge in [-0.1, -0.05) is 23.7 Å². The topological polar surface area (TPSA) is 84.5 Å². The molecule has 5 heteroatoms. The van der Waals surface area contributed by atoms with Crippen LogP contribution in [0, 0.1) is 34.0 Å². The lowest BCUT2D eigenvalue weighted by atomic mass is 10.1. The molecule has 0 N–H and O–H groups in total. The lowest BCUT2D eigenvalue weighted by Gasteiger charge is -1.99. The Labute approximate surface area is 108 Å². The highest BCUT2D eigenvalue weighted by molar-refractivity contribution is 6.33. The third-order valence-electron chi connectivity index (χ3n) is 2.35. The molecule has 18 heavy (non-hydrogen) atoms. The molecule has 0 fully saturated rings. The van der Waals surface area contributed by atoms with Crippen LogP contribution in [0.4, 0.5) is 0 Å². The molecule has 2 aromatic rings. The van der Waals surface area contributed by atoms with E-state index >= 15 is 0 Å². The van der Waals surface area contributed by atoms with Crippen molar-refractivity contribution >= 4 is 11.6 Å². The van der Waals surface area contributed by atoms with Crippen molar-refractivity contribution in [3.8, 4) is 29.5 Å². The Balaban J connectivity index is 2.80. The van der Waals surface area contributed by atoms with Crippen molar-refractivity contribution in [1.29, 1.82) is 15.8 Å². The van der Waals surface area contributed by atoms with Crippen LogP contribution in [0.1, 0.15) is 16.9 Å². The molecular formula is C13H4ClN3O. The molecule has 4 nitrogen and oxygen atoms in total. The molecule has 84 valence electrons. The number of benzene rings is 1. The van der Waals surface area contributed by atoms with Crippen LogP contribution in [0.2, 0.25) is 5.02 Å². The lowest BCUT2D eigenvalue weighted by molar-refractivity contribution is 0.566. The van der Waals surface area contributed by atoms with Gasteiger partial charge in [0.2, 0.25) is 5.76 Å². The van der Waals surface area contributed by atoms with Gasteiger partial charge >= 0.3 is 0 Å². The van der Waals surface area contributed by atoms with Crippen molar-refractivity contribution in [3.63, 3.8) is 0 Å². The Kier molecular flexibility index (Phi) is 3.02. The molecule has 1 aromatic carbocycles. The van der Waals surface area contributed by atoms with Crippen LogP contribution in [-0.2, 0) is 0 Å². The number of furan rings is 1. The summed E-state index contributed by atoms with van der Waals surface area (Å²) in [7, 11) is 0. The first-order valence-corrected chi connectivity index (χ1v) is 5.22. The molecule has 0 spiro atoms. The summed E-state index contributed by atoms with van der Waals surface area (Å²) in [5.74, 6) is -0.0276. The van der Waals surface area contributed by atoms with E-state index in [-0.39, 0.29) is 22.6 Å². The first kappa shape index (κ1) is 11.7. The second kappa shape index (κ2) is 4.63. The van der Waals surface area contributed by atoms with E-state index in [9.17, 15) is 0 Å². The van der Waals surface area contributed by atoms with Gasteiger partial charge in [-0.2, -0.15) is 15.8 Å². The number of rotatable bonds is 1. The van der Waals surface area contributed by atoms with E-state index in [1.807, 2.05) is 6.07 Å². The summed E-state index contributed by atoms with van der Waals surface area (Å²) >= 11 is 6.00. The molecule has 0 atom stereocenters. The Morgan fingerprint density at radius 3 is 2.17 bits per heavy atom. The molecule has 0 aliphatic rings. The van der Waals surface area contributed by atoms with Crippen molar-refractivity contribution < 1.29 is 4.42 Å². The van der Waals surface area contributed by atoms with E-state index in [1.54, 1.807) is 36.4 Å². The maximum Gasteiger partial charge on any atom is 0.223 e. The van der Waals surface area contributed by atoms with E-state index < -0.39 is 0 Å². The molecule has 0 aliphatic carbocycles. The first-order valence-electron chi connectivity index (χ1n) is 4.85. The van der Waals surface area contributed by atoms with Gasteiger partial charge in [-0.3, -0.25) is 0 Å². The molecule has 0 radical (unpaired) electrons. The zero-order chi connectivity index (χ0) is 13.1. The van der Waals surface area contributed by atoms with Gasteiger partial charge in [0.05, 0.1) is 5.02 Å². The van der Waals surface area contributed by atoms with Crippen LogP contribution in [-0.4, -0.2) is 0 Å². The molecule has 0 amide bonds. The standard InChI is InChI=1S/C13H4ClN3O/c14-11-4-2-1-3-8(11)13-10(6-16)9(5-15)12(7-17)18-13/h1-4H.